The number of hydrogen-bond acceptors (Lipinski definition) is 5. The molecule has 0 unspecified atom stereocenters. The summed E-state index contributed by atoms with van der Waals surface area (Å²) in [6.07, 6.45) is 3.16. The molecule has 1 aliphatic carbocycles. The maximum Gasteiger partial charge on any atom is 0.221 e. The Morgan fingerprint density at radius 1 is 1.24 bits per heavy atom. The lowest BCUT2D eigenvalue weighted by Gasteiger charge is -2.22. The second kappa shape index (κ2) is 8.19. The quantitative estimate of drug-likeness (QED) is 0.732. The second-order valence-corrected chi connectivity index (χ2v) is 9.02. The molecule has 0 heterocycles. The summed E-state index contributed by atoms with van der Waals surface area (Å²) >= 11 is 0. The van der Waals surface area contributed by atoms with Gasteiger partial charge in [0.2, 0.25) is 5.91 Å². The third-order valence-electron chi connectivity index (χ3n) is 4.30. The van der Waals surface area contributed by atoms with Gasteiger partial charge >= 0.3 is 0 Å². The van der Waals surface area contributed by atoms with E-state index in [2.05, 4.69) is 5.32 Å². The Balaban J connectivity index is 1.84. The van der Waals surface area contributed by atoms with Crippen LogP contribution in [0.5, 0.6) is 5.75 Å². The van der Waals surface area contributed by atoms with Gasteiger partial charge in [-0.15, -0.1) is 0 Å². The minimum absolute atomic E-state index is 0.0147. The van der Waals surface area contributed by atoms with Gasteiger partial charge in [-0.05, 0) is 51.0 Å². The summed E-state index contributed by atoms with van der Waals surface area (Å²) in [6.45, 7) is 3.98. The maximum absolute atomic E-state index is 12.3. The van der Waals surface area contributed by atoms with Crippen molar-refractivity contribution in [2.24, 2.45) is 0 Å². The Morgan fingerprint density at radius 2 is 1.84 bits per heavy atom. The van der Waals surface area contributed by atoms with Crippen LogP contribution in [0, 0.1) is 0 Å². The van der Waals surface area contributed by atoms with Crippen LogP contribution in [0.1, 0.15) is 46.0 Å². The van der Waals surface area contributed by atoms with Crippen LogP contribution in [0.25, 0.3) is 0 Å². The predicted octanol–water partition coefficient (Wildman–Crippen LogP) is 2.06. The Labute approximate surface area is 149 Å². The maximum atomic E-state index is 12.3. The van der Waals surface area contributed by atoms with E-state index in [4.69, 9.17) is 4.74 Å². The highest BCUT2D eigenvalue weighted by Crippen LogP contribution is 2.28. The summed E-state index contributed by atoms with van der Waals surface area (Å²) in [4.78, 5) is 12.1. The SMILES string of the molecule is CC(C)Oc1ccc(S(=O)(=O)CCC(=O)NCC2(O)CCCC2)cc1. The zero-order valence-electron chi connectivity index (χ0n) is 14.8. The molecule has 1 aromatic rings. The predicted molar refractivity (Wildman–Crippen MR) is 95.3 cm³/mol. The number of nitrogens with one attached hydrogen (secondary N) is 1. The first-order valence-electron chi connectivity index (χ1n) is 8.69. The number of carbonyl (C=O) groups excluding carboxylic acids is 1. The van der Waals surface area contributed by atoms with E-state index in [1.54, 1.807) is 12.1 Å². The van der Waals surface area contributed by atoms with E-state index in [1.807, 2.05) is 13.8 Å². The molecule has 25 heavy (non-hydrogen) atoms. The van der Waals surface area contributed by atoms with Gasteiger partial charge in [0.1, 0.15) is 5.75 Å². The number of hydrogen-bond donors (Lipinski definition) is 2. The van der Waals surface area contributed by atoms with Crippen molar-refractivity contribution in [3.8, 4) is 5.75 Å². The number of benzene rings is 1. The Kier molecular flexibility index (Phi) is 6.46. The number of ether oxygens (including phenoxy) is 1. The lowest BCUT2D eigenvalue weighted by atomic mass is 10.0. The molecule has 0 aromatic heterocycles. The van der Waals surface area contributed by atoms with Crippen LogP contribution in [0.2, 0.25) is 0 Å². The summed E-state index contributed by atoms with van der Waals surface area (Å²) in [5.74, 6) is -0.0121. The molecular formula is C18H27NO5S. The molecule has 7 heteroatoms. The summed E-state index contributed by atoms with van der Waals surface area (Å²) in [5.41, 5.74) is -0.833. The van der Waals surface area contributed by atoms with Crippen LogP contribution < -0.4 is 10.1 Å². The van der Waals surface area contributed by atoms with Gasteiger partial charge in [0.25, 0.3) is 0 Å². The normalized spacial score (nSPS) is 16.8. The standard InChI is InChI=1S/C18H27NO5S/c1-14(2)24-15-5-7-16(8-6-15)25(22,23)12-9-17(20)19-13-18(21)10-3-4-11-18/h5-8,14,21H,3-4,9-13H2,1-2H3,(H,19,20). The van der Waals surface area contributed by atoms with Gasteiger partial charge in [-0.2, -0.15) is 0 Å². The number of amides is 1. The minimum Gasteiger partial charge on any atom is -0.491 e. The molecule has 2 rings (SSSR count). The number of carbonyl (C=O) groups is 1. The Morgan fingerprint density at radius 3 is 2.40 bits per heavy atom. The zero-order valence-corrected chi connectivity index (χ0v) is 15.6. The van der Waals surface area contributed by atoms with Crippen molar-refractivity contribution < 1.29 is 23.1 Å². The fraction of sp³-hybridized carbons (Fsp3) is 0.611. The minimum atomic E-state index is -3.53. The first kappa shape index (κ1) is 19.7. The first-order valence-corrected chi connectivity index (χ1v) is 10.3. The zero-order chi connectivity index (χ0) is 18.5. The third kappa shape index (κ3) is 6.01. The molecule has 0 saturated heterocycles. The number of aliphatic hydroxyl groups is 1. The molecule has 1 fully saturated rings. The summed E-state index contributed by atoms with van der Waals surface area (Å²) in [7, 11) is -3.53. The van der Waals surface area contributed by atoms with E-state index in [0.717, 1.165) is 12.8 Å². The van der Waals surface area contributed by atoms with Crippen molar-refractivity contribution in [1.29, 1.82) is 0 Å². The fourth-order valence-corrected chi connectivity index (χ4v) is 4.14. The van der Waals surface area contributed by atoms with Crippen molar-refractivity contribution in [3.63, 3.8) is 0 Å². The van der Waals surface area contributed by atoms with E-state index in [-0.39, 0.29) is 35.6 Å². The molecule has 0 aliphatic heterocycles. The molecule has 1 aliphatic rings. The molecule has 140 valence electrons. The third-order valence-corrected chi connectivity index (χ3v) is 6.03. The monoisotopic (exact) mass is 369 g/mol. The van der Waals surface area contributed by atoms with Gasteiger partial charge in [0.05, 0.1) is 22.4 Å². The molecule has 0 radical (unpaired) electrons. The van der Waals surface area contributed by atoms with Crippen molar-refractivity contribution in [3.05, 3.63) is 24.3 Å². The van der Waals surface area contributed by atoms with E-state index >= 15 is 0 Å². The average Bonchev–Trinajstić information content (AvgIpc) is 2.98. The molecule has 6 nitrogen and oxygen atoms in total. The van der Waals surface area contributed by atoms with Crippen molar-refractivity contribution >= 4 is 15.7 Å². The average molecular weight is 369 g/mol. The molecular weight excluding hydrogens is 342 g/mol. The Hall–Kier alpha value is -1.60. The van der Waals surface area contributed by atoms with E-state index < -0.39 is 15.4 Å². The van der Waals surface area contributed by atoms with Gasteiger partial charge in [0.15, 0.2) is 9.84 Å². The highest BCUT2D eigenvalue weighted by Gasteiger charge is 2.31. The first-order chi connectivity index (χ1) is 11.7. The van der Waals surface area contributed by atoms with Crippen molar-refractivity contribution in [1.82, 2.24) is 5.32 Å². The molecule has 0 atom stereocenters. The van der Waals surface area contributed by atoms with E-state index in [1.165, 1.54) is 12.1 Å². The van der Waals surface area contributed by atoms with Crippen LogP contribution in [-0.2, 0) is 14.6 Å². The Bertz CT molecular complexity index is 676. The smallest absolute Gasteiger partial charge is 0.221 e. The van der Waals surface area contributed by atoms with Crippen LogP contribution >= 0.6 is 0 Å². The topological polar surface area (TPSA) is 92.7 Å². The van der Waals surface area contributed by atoms with Gasteiger partial charge in [-0.25, -0.2) is 8.42 Å². The molecule has 1 saturated carbocycles. The van der Waals surface area contributed by atoms with Crippen LogP contribution in [0.4, 0.5) is 0 Å². The fourth-order valence-electron chi connectivity index (χ4n) is 2.90. The highest BCUT2D eigenvalue weighted by atomic mass is 32.2. The summed E-state index contributed by atoms with van der Waals surface area (Å²) in [6, 6.07) is 6.21. The van der Waals surface area contributed by atoms with E-state index in [0.29, 0.717) is 18.6 Å². The van der Waals surface area contributed by atoms with Crippen LogP contribution in [-0.4, -0.2) is 43.4 Å². The molecule has 2 N–H and O–H groups in total. The highest BCUT2D eigenvalue weighted by molar-refractivity contribution is 7.91. The lowest BCUT2D eigenvalue weighted by Crippen LogP contribution is -2.41. The molecule has 1 amide bonds. The summed E-state index contributed by atoms with van der Waals surface area (Å²) < 4.78 is 30.1. The van der Waals surface area contributed by atoms with Crippen molar-refractivity contribution in [2.45, 2.75) is 62.6 Å². The number of rotatable bonds is 8. The molecule has 0 bridgehead atoms. The largest absolute Gasteiger partial charge is 0.491 e. The lowest BCUT2D eigenvalue weighted by molar-refractivity contribution is -0.121. The van der Waals surface area contributed by atoms with Gasteiger partial charge in [-0.1, -0.05) is 12.8 Å². The van der Waals surface area contributed by atoms with Gasteiger partial charge < -0.3 is 15.2 Å². The molecule has 1 aromatic carbocycles. The molecule has 0 spiro atoms. The number of sulfone groups is 1. The second-order valence-electron chi connectivity index (χ2n) is 6.92. The van der Waals surface area contributed by atoms with E-state index in [9.17, 15) is 18.3 Å². The van der Waals surface area contributed by atoms with Crippen LogP contribution in [0.3, 0.4) is 0 Å². The van der Waals surface area contributed by atoms with Crippen molar-refractivity contribution in [2.75, 3.05) is 12.3 Å². The van der Waals surface area contributed by atoms with Crippen LogP contribution in [0.15, 0.2) is 29.2 Å². The summed E-state index contributed by atoms with van der Waals surface area (Å²) in [5, 5.41) is 12.8. The van der Waals surface area contributed by atoms with Gasteiger partial charge in [-0.3, -0.25) is 4.79 Å². The van der Waals surface area contributed by atoms with Gasteiger partial charge in [0, 0.05) is 13.0 Å².